The van der Waals surface area contributed by atoms with Gasteiger partial charge in [0.05, 0.1) is 6.04 Å². The summed E-state index contributed by atoms with van der Waals surface area (Å²) in [6.45, 7) is 12.4. The molecule has 0 aromatic carbocycles. The minimum atomic E-state index is 0.0312. The Kier molecular flexibility index (Phi) is 3.20. The first-order valence-electron chi connectivity index (χ1n) is 5.38. The lowest BCUT2D eigenvalue weighted by molar-refractivity contribution is -0.134. The summed E-state index contributed by atoms with van der Waals surface area (Å²) in [4.78, 5) is 14.0. The molecular formula is C11H22N2O. The zero-order valence-electron chi connectivity index (χ0n) is 9.92. The average Bonchev–Trinajstić information content (AvgIpc) is 2.01. The van der Waals surface area contributed by atoms with Crippen molar-refractivity contribution in [1.29, 1.82) is 0 Å². The van der Waals surface area contributed by atoms with E-state index in [2.05, 4.69) is 44.8 Å². The topological polar surface area (TPSA) is 32.3 Å². The van der Waals surface area contributed by atoms with Crippen LogP contribution in [0.25, 0.3) is 0 Å². The fourth-order valence-electron chi connectivity index (χ4n) is 2.10. The fourth-order valence-corrected chi connectivity index (χ4v) is 2.10. The first kappa shape index (κ1) is 11.5. The number of rotatable bonds is 1. The van der Waals surface area contributed by atoms with Crippen LogP contribution in [0.15, 0.2) is 0 Å². The lowest BCUT2D eigenvalue weighted by Gasteiger charge is -2.45. The van der Waals surface area contributed by atoms with Gasteiger partial charge >= 0.3 is 0 Å². The van der Waals surface area contributed by atoms with Gasteiger partial charge < -0.3 is 5.32 Å². The Hall–Kier alpha value is -0.570. The third kappa shape index (κ3) is 2.27. The van der Waals surface area contributed by atoms with E-state index in [1.807, 2.05) is 0 Å². The van der Waals surface area contributed by atoms with Crippen LogP contribution in [0.1, 0.15) is 34.6 Å². The summed E-state index contributed by atoms with van der Waals surface area (Å²) in [5.41, 5.74) is 0.0761. The first-order chi connectivity index (χ1) is 6.34. The Labute approximate surface area is 86.9 Å². The van der Waals surface area contributed by atoms with Crippen molar-refractivity contribution in [2.45, 2.75) is 46.2 Å². The maximum atomic E-state index is 11.7. The van der Waals surface area contributed by atoms with E-state index in [0.717, 1.165) is 13.1 Å². The van der Waals surface area contributed by atoms with Gasteiger partial charge in [-0.25, -0.2) is 0 Å². The van der Waals surface area contributed by atoms with Crippen LogP contribution in [0, 0.1) is 5.92 Å². The van der Waals surface area contributed by atoms with Gasteiger partial charge in [-0.2, -0.15) is 0 Å². The summed E-state index contributed by atoms with van der Waals surface area (Å²) in [7, 11) is 0. The van der Waals surface area contributed by atoms with Crippen molar-refractivity contribution >= 4 is 5.91 Å². The zero-order valence-corrected chi connectivity index (χ0v) is 9.92. The number of hydrogen-bond acceptors (Lipinski definition) is 2. The second-order valence-electron chi connectivity index (χ2n) is 5.34. The quantitative estimate of drug-likeness (QED) is 0.687. The van der Waals surface area contributed by atoms with Crippen LogP contribution >= 0.6 is 0 Å². The van der Waals surface area contributed by atoms with Crippen molar-refractivity contribution in [3.8, 4) is 0 Å². The normalized spacial score (nSPS) is 25.3. The second kappa shape index (κ2) is 3.89. The van der Waals surface area contributed by atoms with E-state index in [0.29, 0.717) is 5.92 Å². The summed E-state index contributed by atoms with van der Waals surface area (Å²) < 4.78 is 0. The predicted octanol–water partition coefficient (Wildman–Crippen LogP) is 1.24. The predicted molar refractivity (Wildman–Crippen MR) is 58.1 cm³/mol. The molecule has 82 valence electrons. The lowest BCUT2D eigenvalue weighted by Crippen LogP contribution is -2.62. The summed E-state index contributed by atoms with van der Waals surface area (Å²) >= 11 is 0. The molecule has 0 aromatic rings. The van der Waals surface area contributed by atoms with Crippen molar-refractivity contribution in [2.75, 3.05) is 13.1 Å². The Bertz CT molecular complexity index is 218. The molecule has 1 atom stereocenters. The highest BCUT2D eigenvalue weighted by Gasteiger charge is 2.37. The highest BCUT2D eigenvalue weighted by Crippen LogP contribution is 2.23. The van der Waals surface area contributed by atoms with Crippen LogP contribution in [0.3, 0.4) is 0 Å². The standard InChI is InChI=1S/C11H22N2O/c1-8(2)9-10(14)12-6-7-13(9)11(3,4)5/h8-9H,6-7H2,1-5H3,(H,12,14)/t9-/m1/s1. The van der Waals surface area contributed by atoms with Crippen LogP contribution in [0.4, 0.5) is 0 Å². The first-order valence-corrected chi connectivity index (χ1v) is 5.38. The number of nitrogens with zero attached hydrogens (tertiary/aromatic N) is 1. The van der Waals surface area contributed by atoms with Crippen molar-refractivity contribution in [2.24, 2.45) is 5.92 Å². The molecule has 1 aliphatic heterocycles. The summed E-state index contributed by atoms with van der Waals surface area (Å²) in [5.74, 6) is 0.552. The van der Waals surface area contributed by atoms with E-state index in [9.17, 15) is 4.79 Å². The maximum Gasteiger partial charge on any atom is 0.237 e. The Morgan fingerprint density at radius 2 is 2.00 bits per heavy atom. The van der Waals surface area contributed by atoms with E-state index in [1.54, 1.807) is 0 Å². The largest absolute Gasteiger partial charge is 0.353 e. The fraction of sp³-hybridized carbons (Fsp3) is 0.909. The van der Waals surface area contributed by atoms with E-state index in [1.165, 1.54) is 0 Å². The number of piperazine rings is 1. The van der Waals surface area contributed by atoms with Gasteiger partial charge in [-0.05, 0) is 26.7 Å². The number of hydrogen-bond donors (Lipinski definition) is 1. The number of carbonyl (C=O) groups excluding carboxylic acids is 1. The van der Waals surface area contributed by atoms with Gasteiger partial charge in [0.2, 0.25) is 5.91 Å². The molecule has 1 saturated heterocycles. The number of amides is 1. The van der Waals surface area contributed by atoms with Crippen LogP contribution in [0.5, 0.6) is 0 Å². The molecule has 1 fully saturated rings. The van der Waals surface area contributed by atoms with Crippen molar-refractivity contribution in [1.82, 2.24) is 10.2 Å². The molecule has 0 saturated carbocycles. The van der Waals surface area contributed by atoms with Crippen LogP contribution in [-0.4, -0.2) is 35.5 Å². The molecular weight excluding hydrogens is 176 g/mol. The maximum absolute atomic E-state index is 11.7. The molecule has 14 heavy (non-hydrogen) atoms. The molecule has 3 heteroatoms. The summed E-state index contributed by atoms with van der Waals surface area (Å²) in [6.07, 6.45) is 0. The molecule has 1 aliphatic rings. The van der Waals surface area contributed by atoms with Gasteiger partial charge in [-0.1, -0.05) is 13.8 Å². The molecule has 0 aliphatic carbocycles. The van der Waals surface area contributed by atoms with Crippen molar-refractivity contribution < 1.29 is 4.79 Å². The Morgan fingerprint density at radius 3 is 2.36 bits per heavy atom. The van der Waals surface area contributed by atoms with Crippen LogP contribution in [0.2, 0.25) is 0 Å². The summed E-state index contributed by atoms with van der Waals surface area (Å²) in [5, 5.41) is 2.93. The minimum absolute atomic E-state index is 0.0312. The highest BCUT2D eigenvalue weighted by molar-refractivity contribution is 5.82. The molecule has 1 heterocycles. The molecule has 0 radical (unpaired) electrons. The monoisotopic (exact) mass is 198 g/mol. The third-order valence-electron chi connectivity index (χ3n) is 2.75. The van der Waals surface area contributed by atoms with Gasteiger partial charge in [-0.15, -0.1) is 0 Å². The Balaban J connectivity index is 2.86. The van der Waals surface area contributed by atoms with Crippen molar-refractivity contribution in [3.63, 3.8) is 0 Å². The molecule has 1 rings (SSSR count). The van der Waals surface area contributed by atoms with E-state index in [4.69, 9.17) is 0 Å². The van der Waals surface area contributed by atoms with E-state index in [-0.39, 0.29) is 17.5 Å². The van der Waals surface area contributed by atoms with Crippen LogP contribution in [-0.2, 0) is 4.79 Å². The van der Waals surface area contributed by atoms with Gasteiger partial charge in [0.1, 0.15) is 0 Å². The molecule has 3 nitrogen and oxygen atoms in total. The number of carbonyl (C=O) groups is 1. The van der Waals surface area contributed by atoms with Crippen molar-refractivity contribution in [3.05, 3.63) is 0 Å². The SMILES string of the molecule is CC(C)[C@@H]1C(=O)NCCN1C(C)(C)C. The van der Waals surface area contributed by atoms with Gasteiger partial charge in [0.15, 0.2) is 0 Å². The smallest absolute Gasteiger partial charge is 0.237 e. The molecule has 0 unspecified atom stereocenters. The van der Waals surface area contributed by atoms with Gasteiger partial charge in [-0.3, -0.25) is 9.69 Å². The molecule has 0 bridgehead atoms. The minimum Gasteiger partial charge on any atom is -0.353 e. The van der Waals surface area contributed by atoms with Gasteiger partial charge in [0.25, 0.3) is 0 Å². The molecule has 1 amide bonds. The second-order valence-corrected chi connectivity index (χ2v) is 5.34. The van der Waals surface area contributed by atoms with E-state index >= 15 is 0 Å². The molecule has 0 spiro atoms. The zero-order chi connectivity index (χ0) is 10.9. The highest BCUT2D eigenvalue weighted by atomic mass is 16.2. The molecule has 1 N–H and O–H groups in total. The summed E-state index contributed by atoms with van der Waals surface area (Å²) in [6, 6.07) is 0.0312. The lowest BCUT2D eigenvalue weighted by atomic mass is 9.93. The van der Waals surface area contributed by atoms with E-state index < -0.39 is 0 Å². The van der Waals surface area contributed by atoms with Gasteiger partial charge in [0, 0.05) is 18.6 Å². The average molecular weight is 198 g/mol. The third-order valence-corrected chi connectivity index (χ3v) is 2.75. The molecule has 0 aromatic heterocycles. The Morgan fingerprint density at radius 1 is 1.43 bits per heavy atom. The van der Waals surface area contributed by atoms with Crippen LogP contribution < -0.4 is 5.32 Å². The number of nitrogens with one attached hydrogen (secondary N) is 1.